The zero-order valence-corrected chi connectivity index (χ0v) is 16.5. The summed E-state index contributed by atoms with van der Waals surface area (Å²) in [7, 11) is 0. The number of nitrogens with one attached hydrogen (secondary N) is 2. The number of hydrogen-bond donors (Lipinski definition) is 2. The van der Waals surface area contributed by atoms with E-state index < -0.39 is 29.2 Å². The molecule has 1 fully saturated rings. The number of nitriles is 1. The summed E-state index contributed by atoms with van der Waals surface area (Å²) in [5.74, 6) is -1.40. The molecule has 2 aromatic carbocycles. The van der Waals surface area contributed by atoms with Gasteiger partial charge in [-0.1, -0.05) is 30.3 Å². The topological polar surface area (TPSA) is 113 Å². The van der Waals surface area contributed by atoms with Crippen molar-refractivity contribution >= 4 is 11.8 Å². The van der Waals surface area contributed by atoms with Gasteiger partial charge in [0, 0.05) is 6.42 Å². The van der Waals surface area contributed by atoms with Crippen LogP contribution >= 0.6 is 0 Å². The van der Waals surface area contributed by atoms with E-state index in [0.717, 1.165) is 5.56 Å². The van der Waals surface area contributed by atoms with Crippen LogP contribution in [0, 0.1) is 17.1 Å². The lowest BCUT2D eigenvalue weighted by Crippen LogP contribution is -2.51. The normalized spacial score (nSPS) is 14.8. The molecule has 4 rings (SSSR count). The highest BCUT2D eigenvalue weighted by Gasteiger charge is 2.45. The maximum atomic E-state index is 13.1. The number of rotatable bonds is 7. The van der Waals surface area contributed by atoms with Crippen LogP contribution in [-0.2, 0) is 11.2 Å². The van der Waals surface area contributed by atoms with Gasteiger partial charge < -0.3 is 10.6 Å². The highest BCUT2D eigenvalue weighted by atomic mass is 19.1. The molecule has 1 saturated carbocycles. The number of benzene rings is 2. The first-order chi connectivity index (χ1) is 15.0. The molecule has 0 saturated heterocycles. The Bertz CT molecular complexity index is 1130. The fraction of sp³-hybridized carbons (Fsp3) is 0.227. The van der Waals surface area contributed by atoms with Gasteiger partial charge in [0.1, 0.15) is 17.4 Å². The first-order valence-electron chi connectivity index (χ1n) is 9.74. The predicted octanol–water partition coefficient (Wildman–Crippen LogP) is 1.92. The van der Waals surface area contributed by atoms with Gasteiger partial charge in [-0.15, -0.1) is 5.10 Å². The van der Waals surface area contributed by atoms with Gasteiger partial charge in [0.05, 0.1) is 18.0 Å². The fourth-order valence-corrected chi connectivity index (χ4v) is 3.07. The molecule has 31 heavy (non-hydrogen) atoms. The van der Waals surface area contributed by atoms with Crippen molar-refractivity contribution in [1.29, 1.82) is 5.26 Å². The van der Waals surface area contributed by atoms with E-state index >= 15 is 0 Å². The first kappa shape index (κ1) is 20.2. The lowest BCUT2D eigenvalue weighted by atomic mass is 10.0. The van der Waals surface area contributed by atoms with Crippen molar-refractivity contribution < 1.29 is 14.0 Å². The van der Waals surface area contributed by atoms with E-state index in [9.17, 15) is 19.2 Å². The van der Waals surface area contributed by atoms with E-state index in [4.69, 9.17) is 0 Å². The minimum atomic E-state index is -0.892. The molecule has 1 heterocycles. The molecule has 1 aliphatic rings. The molecule has 0 unspecified atom stereocenters. The second-order valence-electron chi connectivity index (χ2n) is 7.39. The molecule has 3 aromatic rings. The molecule has 1 aromatic heterocycles. The van der Waals surface area contributed by atoms with Crippen LogP contribution in [0.5, 0.6) is 0 Å². The summed E-state index contributed by atoms with van der Waals surface area (Å²) in [6.45, 7) is 0. The predicted molar refractivity (Wildman–Crippen MR) is 108 cm³/mol. The number of aromatic nitrogens is 3. The van der Waals surface area contributed by atoms with Crippen molar-refractivity contribution in [1.82, 2.24) is 25.6 Å². The molecule has 0 aliphatic heterocycles. The maximum absolute atomic E-state index is 13.1. The number of halogens is 1. The molecular formula is C22H19FN6O2. The molecule has 0 spiro atoms. The Morgan fingerprint density at radius 2 is 1.87 bits per heavy atom. The van der Waals surface area contributed by atoms with Crippen molar-refractivity contribution in [3.05, 3.63) is 77.9 Å². The molecular weight excluding hydrogens is 399 g/mol. The average molecular weight is 418 g/mol. The molecule has 2 amide bonds. The van der Waals surface area contributed by atoms with E-state index in [1.165, 1.54) is 35.3 Å². The van der Waals surface area contributed by atoms with Crippen molar-refractivity contribution in [2.45, 2.75) is 30.8 Å². The van der Waals surface area contributed by atoms with E-state index in [2.05, 4.69) is 26.9 Å². The highest BCUT2D eigenvalue weighted by Crippen LogP contribution is 2.34. The summed E-state index contributed by atoms with van der Waals surface area (Å²) < 4.78 is 13.1. The van der Waals surface area contributed by atoms with Crippen LogP contribution in [0.15, 0.2) is 60.8 Å². The fourth-order valence-electron chi connectivity index (χ4n) is 3.07. The second kappa shape index (κ2) is 8.36. The number of amides is 2. The van der Waals surface area contributed by atoms with E-state index in [-0.39, 0.29) is 12.1 Å². The van der Waals surface area contributed by atoms with Gasteiger partial charge in [0.15, 0.2) is 5.69 Å². The molecule has 8 nitrogen and oxygen atoms in total. The number of hydrogen-bond acceptors (Lipinski definition) is 5. The third-order valence-corrected chi connectivity index (χ3v) is 5.01. The van der Waals surface area contributed by atoms with Crippen molar-refractivity contribution in [2.75, 3.05) is 0 Å². The molecule has 156 valence electrons. The van der Waals surface area contributed by atoms with Gasteiger partial charge in [0.25, 0.3) is 5.91 Å². The van der Waals surface area contributed by atoms with Gasteiger partial charge >= 0.3 is 0 Å². The Morgan fingerprint density at radius 1 is 1.16 bits per heavy atom. The van der Waals surface area contributed by atoms with Crippen LogP contribution in [0.3, 0.4) is 0 Å². The van der Waals surface area contributed by atoms with Gasteiger partial charge in [-0.2, -0.15) is 15.2 Å². The average Bonchev–Trinajstić information content (AvgIpc) is 3.37. The number of carbonyl (C=O) groups is 2. The third kappa shape index (κ3) is 4.75. The summed E-state index contributed by atoms with van der Waals surface area (Å²) >= 11 is 0. The van der Waals surface area contributed by atoms with E-state index in [0.29, 0.717) is 18.5 Å². The van der Waals surface area contributed by atoms with Crippen LogP contribution in [-0.4, -0.2) is 38.4 Å². The van der Waals surface area contributed by atoms with Crippen LogP contribution in [0.4, 0.5) is 4.39 Å². The van der Waals surface area contributed by atoms with Crippen LogP contribution < -0.4 is 10.6 Å². The quantitative estimate of drug-likeness (QED) is 0.609. The van der Waals surface area contributed by atoms with Crippen LogP contribution in [0.2, 0.25) is 0 Å². The molecule has 9 heteroatoms. The van der Waals surface area contributed by atoms with Crippen molar-refractivity contribution in [3.63, 3.8) is 0 Å². The number of nitrogens with zero attached hydrogens (tertiary/aromatic N) is 4. The summed E-state index contributed by atoms with van der Waals surface area (Å²) in [5.41, 5.74) is 0.516. The minimum Gasteiger partial charge on any atom is -0.338 e. The third-order valence-electron chi connectivity index (χ3n) is 5.01. The van der Waals surface area contributed by atoms with Crippen molar-refractivity contribution in [3.8, 4) is 11.8 Å². The molecule has 0 bridgehead atoms. The van der Waals surface area contributed by atoms with E-state index in [1.54, 1.807) is 0 Å². The largest absolute Gasteiger partial charge is 0.338 e. The van der Waals surface area contributed by atoms with Gasteiger partial charge in [0.2, 0.25) is 5.91 Å². The Hall–Kier alpha value is -4.06. The maximum Gasteiger partial charge on any atom is 0.274 e. The SMILES string of the molecule is N#CC1(NC(=O)[C@H](Cc2ccccc2)NC(=O)c2cnn(-c3ccc(F)cc3)n2)CC1. The van der Waals surface area contributed by atoms with E-state index in [1.807, 2.05) is 30.3 Å². The smallest absolute Gasteiger partial charge is 0.274 e. The summed E-state index contributed by atoms with van der Waals surface area (Å²) in [5, 5.41) is 22.9. The summed E-state index contributed by atoms with van der Waals surface area (Å²) in [6.07, 6.45) is 2.71. The summed E-state index contributed by atoms with van der Waals surface area (Å²) in [6, 6.07) is 16.0. The first-order valence-corrected chi connectivity index (χ1v) is 9.74. The van der Waals surface area contributed by atoms with Crippen LogP contribution in [0.1, 0.15) is 28.9 Å². The van der Waals surface area contributed by atoms with Crippen molar-refractivity contribution in [2.24, 2.45) is 0 Å². The monoisotopic (exact) mass is 418 g/mol. The molecule has 2 N–H and O–H groups in total. The Kier molecular flexibility index (Phi) is 5.45. The summed E-state index contributed by atoms with van der Waals surface area (Å²) in [4.78, 5) is 26.8. The zero-order chi connectivity index (χ0) is 21.8. The second-order valence-corrected chi connectivity index (χ2v) is 7.39. The lowest BCUT2D eigenvalue weighted by molar-refractivity contribution is -0.123. The molecule has 1 atom stereocenters. The molecule has 1 aliphatic carbocycles. The van der Waals surface area contributed by atoms with Crippen LogP contribution in [0.25, 0.3) is 5.69 Å². The Labute approximate surface area is 177 Å². The number of carbonyl (C=O) groups excluding carboxylic acids is 2. The Morgan fingerprint density at radius 3 is 2.52 bits per heavy atom. The van der Waals surface area contributed by atoms with Gasteiger partial charge in [-0.05, 0) is 42.7 Å². The lowest BCUT2D eigenvalue weighted by Gasteiger charge is -2.20. The molecule has 0 radical (unpaired) electrons. The Balaban J connectivity index is 1.50. The van der Waals surface area contributed by atoms with Gasteiger partial charge in [-0.25, -0.2) is 4.39 Å². The standard InChI is InChI=1S/C22H19FN6O2/c23-16-6-8-17(9-7-16)29-25-13-19(28-29)20(30)26-18(12-15-4-2-1-3-5-15)21(31)27-22(14-24)10-11-22/h1-9,13,18H,10-12H2,(H,26,30)(H,27,31)/t18-/m0/s1. The zero-order valence-electron chi connectivity index (χ0n) is 16.5. The van der Waals surface area contributed by atoms with Gasteiger partial charge in [-0.3, -0.25) is 9.59 Å². The highest BCUT2D eigenvalue weighted by molar-refractivity contribution is 5.96. The minimum absolute atomic E-state index is 0.0107.